The molecule has 1 aromatic heterocycles. The smallest absolute Gasteiger partial charge is 0.353 e. The van der Waals surface area contributed by atoms with Gasteiger partial charge in [0.1, 0.15) is 0 Å². The van der Waals surface area contributed by atoms with Gasteiger partial charge in [-0.15, -0.1) is 12.4 Å². The van der Waals surface area contributed by atoms with Crippen LogP contribution in [0.2, 0.25) is 0 Å². The third-order valence-electron chi connectivity index (χ3n) is 2.10. The van der Waals surface area contributed by atoms with Crippen molar-refractivity contribution in [3.05, 3.63) is 18.0 Å². The molecule has 0 aromatic carbocycles. The van der Waals surface area contributed by atoms with Gasteiger partial charge in [-0.3, -0.25) is 0 Å². The van der Waals surface area contributed by atoms with E-state index in [9.17, 15) is 13.2 Å². The summed E-state index contributed by atoms with van der Waals surface area (Å²) >= 11 is 0. The highest BCUT2D eigenvalue weighted by Gasteiger charge is 2.31. The van der Waals surface area contributed by atoms with Crippen molar-refractivity contribution in [2.24, 2.45) is 0 Å². The van der Waals surface area contributed by atoms with Crippen LogP contribution in [0.4, 0.5) is 19.1 Å². The van der Waals surface area contributed by atoms with E-state index >= 15 is 0 Å². The number of nitrogens with one attached hydrogen (secondary N) is 2. The summed E-state index contributed by atoms with van der Waals surface area (Å²) in [6.45, 7) is 9.32. The molecular formula is C12H22ClF3N4. The van der Waals surface area contributed by atoms with Gasteiger partial charge in [0.2, 0.25) is 5.95 Å². The maximum absolute atomic E-state index is 12.2. The van der Waals surface area contributed by atoms with E-state index in [2.05, 4.69) is 20.6 Å². The average molecular weight is 315 g/mol. The number of halogens is 4. The van der Waals surface area contributed by atoms with Crippen LogP contribution in [0.15, 0.2) is 12.4 Å². The Hall–Kier alpha value is -1.08. The number of aromatic nitrogens is 2. The molecule has 20 heavy (non-hydrogen) atoms. The van der Waals surface area contributed by atoms with Crippen LogP contribution in [0, 0.1) is 0 Å². The number of likely N-dealkylation sites (N-methyl/N-ethyl adjacent to an activating group) is 1. The highest BCUT2D eigenvalue weighted by atomic mass is 35.5. The van der Waals surface area contributed by atoms with E-state index in [1.165, 1.54) is 0 Å². The van der Waals surface area contributed by atoms with Crippen molar-refractivity contribution < 1.29 is 13.2 Å². The van der Waals surface area contributed by atoms with Crippen LogP contribution in [-0.2, 0) is 6.18 Å². The summed E-state index contributed by atoms with van der Waals surface area (Å²) in [5.41, 5.74) is -0.845. The van der Waals surface area contributed by atoms with Crippen molar-refractivity contribution in [2.45, 2.75) is 39.9 Å². The monoisotopic (exact) mass is 314 g/mol. The molecule has 0 bridgehead atoms. The van der Waals surface area contributed by atoms with Crippen molar-refractivity contribution >= 4 is 18.4 Å². The zero-order valence-electron chi connectivity index (χ0n) is 12.1. The van der Waals surface area contributed by atoms with E-state index in [1.807, 2.05) is 27.7 Å². The Morgan fingerprint density at radius 1 is 1.20 bits per heavy atom. The number of nitrogens with zero attached hydrogens (tertiary/aromatic N) is 2. The van der Waals surface area contributed by atoms with Crippen molar-refractivity contribution in [2.75, 3.05) is 18.4 Å². The fraction of sp³-hybridized carbons (Fsp3) is 0.667. The lowest BCUT2D eigenvalue weighted by atomic mass is 10.3. The Labute approximate surface area is 124 Å². The number of rotatable bonds is 5. The van der Waals surface area contributed by atoms with Crippen molar-refractivity contribution in [1.29, 1.82) is 0 Å². The predicted octanol–water partition coefficient (Wildman–Crippen LogP) is 3.35. The van der Waals surface area contributed by atoms with E-state index < -0.39 is 11.7 Å². The summed E-state index contributed by atoms with van der Waals surface area (Å²) in [6.07, 6.45) is -2.85. The predicted molar refractivity (Wildman–Crippen MR) is 77.3 cm³/mol. The van der Waals surface area contributed by atoms with Gasteiger partial charge < -0.3 is 10.6 Å². The standard InChI is InChI=1S/C10H15F3N4.C2H6.ClH/c1-3-14-7(2)4-15-9-16-5-8(6-17-9)10(11,12)13;1-2;/h5-7,14H,3-4H2,1-2H3,(H,15,16,17);1-2H3;1H. The molecule has 1 aromatic rings. The van der Waals surface area contributed by atoms with Crippen LogP contribution in [0.3, 0.4) is 0 Å². The molecule has 118 valence electrons. The molecule has 0 saturated heterocycles. The van der Waals surface area contributed by atoms with Crippen LogP contribution in [0.1, 0.15) is 33.3 Å². The Morgan fingerprint density at radius 3 is 2.10 bits per heavy atom. The summed E-state index contributed by atoms with van der Waals surface area (Å²) in [4.78, 5) is 7.21. The van der Waals surface area contributed by atoms with Gasteiger partial charge in [-0.05, 0) is 13.5 Å². The quantitative estimate of drug-likeness (QED) is 0.875. The lowest BCUT2D eigenvalue weighted by Crippen LogP contribution is -2.32. The van der Waals surface area contributed by atoms with Gasteiger partial charge in [-0.1, -0.05) is 20.8 Å². The number of hydrogen-bond donors (Lipinski definition) is 2. The number of hydrogen-bond acceptors (Lipinski definition) is 4. The van der Waals surface area contributed by atoms with E-state index in [1.54, 1.807) is 0 Å². The second kappa shape index (κ2) is 10.7. The van der Waals surface area contributed by atoms with Crippen LogP contribution >= 0.6 is 12.4 Å². The zero-order chi connectivity index (χ0) is 14.9. The molecule has 4 nitrogen and oxygen atoms in total. The SMILES string of the molecule is CC.CCNC(C)CNc1ncc(C(F)(F)F)cn1.Cl. The van der Waals surface area contributed by atoms with E-state index in [4.69, 9.17) is 0 Å². The molecule has 0 aliphatic rings. The summed E-state index contributed by atoms with van der Waals surface area (Å²) in [7, 11) is 0. The first-order chi connectivity index (χ1) is 8.93. The molecule has 0 amide bonds. The van der Waals surface area contributed by atoms with Crippen LogP contribution in [-0.4, -0.2) is 29.1 Å². The molecule has 2 N–H and O–H groups in total. The lowest BCUT2D eigenvalue weighted by Gasteiger charge is -2.13. The third kappa shape index (κ3) is 8.16. The minimum Gasteiger partial charge on any atom is -0.353 e. The minimum absolute atomic E-state index is 0. The topological polar surface area (TPSA) is 49.8 Å². The first-order valence-corrected chi connectivity index (χ1v) is 6.30. The minimum atomic E-state index is -4.39. The molecular weight excluding hydrogens is 293 g/mol. The summed E-state index contributed by atoms with van der Waals surface area (Å²) in [6, 6.07) is 0.200. The van der Waals surface area contributed by atoms with Crippen molar-refractivity contribution in [3.63, 3.8) is 0 Å². The highest BCUT2D eigenvalue weighted by Crippen LogP contribution is 2.27. The second-order valence-corrected chi connectivity index (χ2v) is 3.63. The zero-order valence-corrected chi connectivity index (χ0v) is 12.9. The summed E-state index contributed by atoms with van der Waals surface area (Å²) in [5.74, 6) is 0.197. The Morgan fingerprint density at radius 2 is 1.70 bits per heavy atom. The lowest BCUT2D eigenvalue weighted by molar-refractivity contribution is -0.138. The molecule has 1 unspecified atom stereocenters. The van der Waals surface area contributed by atoms with Gasteiger partial charge in [-0.2, -0.15) is 13.2 Å². The second-order valence-electron chi connectivity index (χ2n) is 3.63. The molecule has 1 atom stereocenters. The van der Waals surface area contributed by atoms with Crippen LogP contribution in [0.5, 0.6) is 0 Å². The fourth-order valence-electron chi connectivity index (χ4n) is 1.23. The number of anilines is 1. The summed E-state index contributed by atoms with van der Waals surface area (Å²) < 4.78 is 36.7. The van der Waals surface area contributed by atoms with Gasteiger partial charge in [0, 0.05) is 25.0 Å². The third-order valence-corrected chi connectivity index (χ3v) is 2.10. The molecule has 1 heterocycles. The van der Waals surface area contributed by atoms with Gasteiger partial charge >= 0.3 is 6.18 Å². The van der Waals surface area contributed by atoms with Crippen LogP contribution in [0.25, 0.3) is 0 Å². The fourth-order valence-corrected chi connectivity index (χ4v) is 1.23. The van der Waals surface area contributed by atoms with Gasteiger partial charge in [0.05, 0.1) is 5.56 Å². The summed E-state index contributed by atoms with van der Waals surface area (Å²) in [5, 5.41) is 6.01. The van der Waals surface area contributed by atoms with E-state index in [0.29, 0.717) is 6.54 Å². The van der Waals surface area contributed by atoms with Gasteiger partial charge in [0.15, 0.2) is 0 Å². The van der Waals surface area contributed by atoms with E-state index in [0.717, 1.165) is 18.9 Å². The molecule has 0 saturated carbocycles. The number of alkyl halides is 3. The average Bonchev–Trinajstić information content (AvgIpc) is 2.38. The van der Waals surface area contributed by atoms with Gasteiger partial charge in [-0.25, -0.2) is 9.97 Å². The molecule has 0 radical (unpaired) electrons. The molecule has 0 aliphatic heterocycles. The van der Waals surface area contributed by atoms with Crippen molar-refractivity contribution in [1.82, 2.24) is 15.3 Å². The highest BCUT2D eigenvalue weighted by molar-refractivity contribution is 5.85. The maximum atomic E-state index is 12.2. The molecule has 1 rings (SSSR count). The molecule has 0 aliphatic carbocycles. The molecule has 8 heteroatoms. The Kier molecular flexibility index (Phi) is 11.3. The normalized spacial score (nSPS) is 11.8. The van der Waals surface area contributed by atoms with Crippen molar-refractivity contribution in [3.8, 4) is 0 Å². The first kappa shape index (κ1) is 21.2. The molecule has 0 fully saturated rings. The largest absolute Gasteiger partial charge is 0.419 e. The Bertz CT molecular complexity index is 344. The maximum Gasteiger partial charge on any atom is 0.419 e. The Balaban J connectivity index is 0. The molecule has 0 spiro atoms. The van der Waals surface area contributed by atoms with Crippen LogP contribution < -0.4 is 10.6 Å². The first-order valence-electron chi connectivity index (χ1n) is 6.30. The van der Waals surface area contributed by atoms with E-state index in [-0.39, 0.29) is 24.4 Å². The van der Waals surface area contributed by atoms with Gasteiger partial charge in [0.25, 0.3) is 0 Å².